The Balaban J connectivity index is 3.10. The van der Waals surface area contributed by atoms with Crippen LogP contribution in [0.4, 0.5) is 0 Å². The molecule has 1 heteroatoms. The quantitative estimate of drug-likeness (QED) is 0.573. The highest BCUT2D eigenvalue weighted by atomic mass is 16.3. The topological polar surface area (TPSA) is 20.2 Å². The number of allylic oxidation sites excluding steroid dienone is 3. The second-order valence-electron chi connectivity index (χ2n) is 3.38. The van der Waals surface area contributed by atoms with E-state index < -0.39 is 0 Å². The van der Waals surface area contributed by atoms with E-state index in [9.17, 15) is 5.11 Å². The number of hydrogen-bond acceptors (Lipinski definition) is 1. The van der Waals surface area contributed by atoms with Crippen molar-refractivity contribution in [2.45, 2.75) is 13.3 Å². The Labute approximate surface area is 91.1 Å². The molecule has 0 aliphatic carbocycles. The summed E-state index contributed by atoms with van der Waals surface area (Å²) >= 11 is 0. The Kier molecular flexibility index (Phi) is 3.92. The third-order valence-electron chi connectivity index (χ3n) is 2.20. The van der Waals surface area contributed by atoms with Crippen molar-refractivity contribution in [1.29, 1.82) is 0 Å². The van der Waals surface area contributed by atoms with Crippen LogP contribution in [0.15, 0.2) is 60.9 Å². The van der Waals surface area contributed by atoms with Crippen LogP contribution in [0.1, 0.15) is 18.9 Å². The molecule has 15 heavy (non-hydrogen) atoms. The average Bonchev–Trinajstić information content (AvgIpc) is 2.26. The van der Waals surface area contributed by atoms with E-state index in [-0.39, 0.29) is 5.76 Å². The maximum absolute atomic E-state index is 9.51. The average molecular weight is 200 g/mol. The lowest BCUT2D eigenvalue weighted by Crippen LogP contribution is -1.88. The third kappa shape index (κ3) is 3.13. The predicted octanol–water partition coefficient (Wildman–Crippen LogP) is 4.11. The number of rotatable bonds is 4. The molecule has 0 aliphatic rings. The first kappa shape index (κ1) is 11.3. The fraction of sp³-hybridized carbons (Fsp3) is 0.143. The van der Waals surface area contributed by atoms with Gasteiger partial charge in [0.05, 0.1) is 0 Å². The molecule has 0 bridgehead atoms. The van der Waals surface area contributed by atoms with E-state index in [0.29, 0.717) is 0 Å². The van der Waals surface area contributed by atoms with E-state index in [1.165, 1.54) is 0 Å². The van der Waals surface area contributed by atoms with Crippen LogP contribution < -0.4 is 0 Å². The molecule has 0 atom stereocenters. The maximum atomic E-state index is 9.51. The molecule has 0 unspecified atom stereocenters. The highest BCUT2D eigenvalue weighted by Gasteiger charge is 2.03. The fourth-order valence-electron chi connectivity index (χ4n) is 1.26. The van der Waals surface area contributed by atoms with Gasteiger partial charge in [0.15, 0.2) is 0 Å². The second-order valence-corrected chi connectivity index (χ2v) is 3.38. The van der Waals surface area contributed by atoms with E-state index in [2.05, 4.69) is 13.2 Å². The van der Waals surface area contributed by atoms with Crippen molar-refractivity contribution >= 4 is 5.57 Å². The highest BCUT2D eigenvalue weighted by Crippen LogP contribution is 2.22. The van der Waals surface area contributed by atoms with Gasteiger partial charge in [-0.25, -0.2) is 0 Å². The molecule has 0 aromatic heterocycles. The van der Waals surface area contributed by atoms with Gasteiger partial charge in [0.25, 0.3) is 0 Å². The number of aliphatic hydroxyl groups excluding tert-OH is 1. The van der Waals surface area contributed by atoms with E-state index >= 15 is 0 Å². The zero-order chi connectivity index (χ0) is 11.3. The molecule has 0 radical (unpaired) electrons. The largest absolute Gasteiger partial charge is 0.508 e. The molecule has 0 saturated heterocycles. The van der Waals surface area contributed by atoms with Crippen LogP contribution in [0, 0.1) is 0 Å². The molecule has 0 heterocycles. The van der Waals surface area contributed by atoms with Gasteiger partial charge < -0.3 is 5.11 Å². The summed E-state index contributed by atoms with van der Waals surface area (Å²) in [6, 6.07) is 9.68. The SMILES string of the molecule is C=C(/C=C(\C(=C)O)c1ccccc1)CC. The highest BCUT2D eigenvalue weighted by molar-refractivity contribution is 5.77. The van der Waals surface area contributed by atoms with Crippen molar-refractivity contribution in [3.8, 4) is 0 Å². The molecule has 0 fully saturated rings. The Hall–Kier alpha value is -1.76. The summed E-state index contributed by atoms with van der Waals surface area (Å²) in [6.07, 6.45) is 2.74. The minimum atomic E-state index is 0.0794. The first-order valence-electron chi connectivity index (χ1n) is 4.98. The van der Waals surface area contributed by atoms with Gasteiger partial charge in [-0.05, 0) is 18.1 Å². The molecule has 0 spiro atoms. The lowest BCUT2D eigenvalue weighted by Gasteiger charge is -2.06. The number of benzene rings is 1. The lowest BCUT2D eigenvalue weighted by molar-refractivity contribution is 0.440. The molecule has 1 nitrogen and oxygen atoms in total. The van der Waals surface area contributed by atoms with Gasteiger partial charge >= 0.3 is 0 Å². The second kappa shape index (κ2) is 5.20. The van der Waals surface area contributed by atoms with Crippen LogP contribution in [0.5, 0.6) is 0 Å². The van der Waals surface area contributed by atoms with Crippen molar-refractivity contribution in [2.24, 2.45) is 0 Å². The zero-order valence-corrected chi connectivity index (χ0v) is 9.03. The Morgan fingerprint density at radius 2 is 1.87 bits per heavy atom. The summed E-state index contributed by atoms with van der Waals surface area (Å²) < 4.78 is 0. The van der Waals surface area contributed by atoms with Gasteiger partial charge in [0.1, 0.15) is 5.76 Å². The van der Waals surface area contributed by atoms with E-state index in [1.807, 2.05) is 43.3 Å². The Bertz CT molecular complexity index is 385. The van der Waals surface area contributed by atoms with Crippen molar-refractivity contribution < 1.29 is 5.11 Å². The minimum Gasteiger partial charge on any atom is -0.508 e. The summed E-state index contributed by atoms with van der Waals surface area (Å²) in [5, 5.41) is 9.51. The van der Waals surface area contributed by atoms with Crippen molar-refractivity contribution in [1.82, 2.24) is 0 Å². The Morgan fingerprint density at radius 1 is 1.27 bits per heavy atom. The lowest BCUT2D eigenvalue weighted by atomic mass is 10.0. The minimum absolute atomic E-state index is 0.0794. The monoisotopic (exact) mass is 200 g/mol. The van der Waals surface area contributed by atoms with Gasteiger partial charge in [-0.2, -0.15) is 0 Å². The fourth-order valence-corrected chi connectivity index (χ4v) is 1.26. The van der Waals surface area contributed by atoms with Crippen LogP contribution >= 0.6 is 0 Å². The molecule has 1 rings (SSSR count). The van der Waals surface area contributed by atoms with Crippen LogP contribution in [-0.2, 0) is 0 Å². The number of hydrogen-bond donors (Lipinski definition) is 1. The smallest absolute Gasteiger partial charge is 0.116 e. The molecule has 78 valence electrons. The van der Waals surface area contributed by atoms with Crippen LogP contribution in [-0.4, -0.2) is 5.11 Å². The van der Waals surface area contributed by atoms with E-state index in [0.717, 1.165) is 23.1 Å². The van der Waals surface area contributed by atoms with Crippen LogP contribution in [0.3, 0.4) is 0 Å². The van der Waals surface area contributed by atoms with Gasteiger partial charge in [0.2, 0.25) is 0 Å². The van der Waals surface area contributed by atoms with Gasteiger partial charge in [0, 0.05) is 5.57 Å². The molecular formula is C14H16O. The van der Waals surface area contributed by atoms with Gasteiger partial charge in [-0.3, -0.25) is 0 Å². The maximum Gasteiger partial charge on any atom is 0.116 e. The molecule has 1 aromatic rings. The summed E-state index contributed by atoms with van der Waals surface area (Å²) in [5.41, 5.74) is 2.67. The number of aliphatic hydroxyl groups is 1. The molecular weight excluding hydrogens is 184 g/mol. The molecule has 1 N–H and O–H groups in total. The van der Waals surface area contributed by atoms with Gasteiger partial charge in [-0.1, -0.05) is 56.0 Å². The normalized spacial score (nSPS) is 11.1. The molecule has 0 saturated carbocycles. The summed E-state index contributed by atoms with van der Waals surface area (Å²) in [4.78, 5) is 0. The van der Waals surface area contributed by atoms with Crippen LogP contribution in [0.25, 0.3) is 5.57 Å². The third-order valence-corrected chi connectivity index (χ3v) is 2.20. The first-order chi connectivity index (χ1) is 7.15. The molecule has 0 amide bonds. The van der Waals surface area contributed by atoms with E-state index in [4.69, 9.17) is 0 Å². The molecule has 0 aliphatic heterocycles. The van der Waals surface area contributed by atoms with Crippen molar-refractivity contribution in [2.75, 3.05) is 0 Å². The standard InChI is InChI=1S/C14H16O/c1-4-11(2)10-14(12(3)15)13-8-6-5-7-9-13/h5-10,15H,2-4H2,1H3/b14-10+. The van der Waals surface area contributed by atoms with Crippen molar-refractivity contribution in [3.63, 3.8) is 0 Å². The van der Waals surface area contributed by atoms with Crippen molar-refractivity contribution in [3.05, 3.63) is 66.5 Å². The summed E-state index contributed by atoms with van der Waals surface area (Å²) in [6.45, 7) is 9.49. The predicted molar refractivity (Wildman–Crippen MR) is 65.6 cm³/mol. The summed E-state index contributed by atoms with van der Waals surface area (Å²) in [7, 11) is 0. The first-order valence-corrected chi connectivity index (χ1v) is 4.98. The summed E-state index contributed by atoms with van der Waals surface area (Å²) in [5.74, 6) is 0.0794. The van der Waals surface area contributed by atoms with E-state index in [1.54, 1.807) is 0 Å². The molecule has 1 aromatic carbocycles. The zero-order valence-electron chi connectivity index (χ0n) is 9.03. The van der Waals surface area contributed by atoms with Crippen LogP contribution in [0.2, 0.25) is 0 Å². The Morgan fingerprint density at radius 3 is 2.33 bits per heavy atom. The van der Waals surface area contributed by atoms with Gasteiger partial charge in [-0.15, -0.1) is 0 Å².